The second-order valence-electron chi connectivity index (χ2n) is 8.64. The van der Waals surface area contributed by atoms with E-state index in [0.717, 1.165) is 24.0 Å². The van der Waals surface area contributed by atoms with E-state index < -0.39 is 11.6 Å². The normalized spacial score (nSPS) is 15.2. The number of methoxy groups -OCH3 is 1. The first-order chi connectivity index (χ1) is 14.1. The number of aromatic nitrogens is 2. The van der Waals surface area contributed by atoms with Crippen LogP contribution in [-0.4, -0.2) is 52.5 Å². The van der Waals surface area contributed by atoms with E-state index in [-0.39, 0.29) is 12.1 Å². The number of nitrogens with zero attached hydrogens (tertiary/aromatic N) is 3. The Morgan fingerprint density at radius 3 is 2.43 bits per heavy atom. The van der Waals surface area contributed by atoms with Crippen molar-refractivity contribution in [2.75, 3.05) is 25.9 Å². The molecule has 0 radical (unpaired) electrons. The maximum atomic E-state index is 12.2. The van der Waals surface area contributed by atoms with Crippen LogP contribution in [0.3, 0.4) is 0 Å². The van der Waals surface area contributed by atoms with E-state index in [9.17, 15) is 9.59 Å². The number of amides is 1. The molecule has 0 bridgehead atoms. The van der Waals surface area contributed by atoms with Gasteiger partial charge in [0.1, 0.15) is 5.60 Å². The van der Waals surface area contributed by atoms with Crippen molar-refractivity contribution in [3.05, 3.63) is 35.7 Å². The molecule has 1 amide bonds. The molecule has 1 aliphatic rings. The van der Waals surface area contributed by atoms with Crippen LogP contribution in [0.5, 0.6) is 0 Å². The number of carbonyl (C=O) groups excluding carboxylic acids is 2. The second kappa shape index (κ2) is 8.38. The number of esters is 1. The molecule has 1 aromatic carbocycles. The summed E-state index contributed by atoms with van der Waals surface area (Å²) >= 11 is 0. The fourth-order valence-corrected chi connectivity index (χ4v) is 3.55. The molecule has 0 unspecified atom stereocenters. The third-order valence-corrected chi connectivity index (χ3v) is 5.28. The molecule has 0 saturated carbocycles. The summed E-state index contributed by atoms with van der Waals surface area (Å²) in [6.45, 7) is 8.65. The number of nitrogens with two attached hydrogens (primary N) is 1. The highest BCUT2D eigenvalue weighted by Gasteiger charge is 2.28. The van der Waals surface area contributed by atoms with Gasteiger partial charge in [0.2, 0.25) is 0 Å². The molecule has 162 valence electrons. The van der Waals surface area contributed by atoms with E-state index in [1.54, 1.807) is 24.1 Å². The minimum Gasteiger partial charge on any atom is -0.465 e. The third kappa shape index (κ3) is 4.75. The molecule has 0 spiro atoms. The second-order valence-corrected chi connectivity index (χ2v) is 8.64. The fourth-order valence-electron chi connectivity index (χ4n) is 3.55. The molecule has 1 fully saturated rings. The Kier molecular flexibility index (Phi) is 6.05. The summed E-state index contributed by atoms with van der Waals surface area (Å²) in [5.74, 6) is -0.414. The van der Waals surface area contributed by atoms with Gasteiger partial charge in [-0.1, -0.05) is 0 Å². The number of benzene rings is 1. The molecule has 1 aromatic heterocycles. The van der Waals surface area contributed by atoms with Crippen molar-refractivity contribution in [1.29, 1.82) is 0 Å². The average Bonchev–Trinajstić information content (AvgIpc) is 3.18. The number of hydrogen-bond acceptors (Lipinski definition) is 6. The minimum absolute atomic E-state index is 0.195. The molecular weight excluding hydrogens is 384 g/mol. The lowest BCUT2D eigenvalue weighted by Crippen LogP contribution is -2.42. The van der Waals surface area contributed by atoms with Crippen LogP contribution in [0.25, 0.3) is 11.1 Å². The van der Waals surface area contributed by atoms with E-state index in [1.165, 1.54) is 7.11 Å². The molecule has 2 heterocycles. The Balaban J connectivity index is 1.72. The van der Waals surface area contributed by atoms with Crippen LogP contribution in [0.1, 0.15) is 55.6 Å². The summed E-state index contributed by atoms with van der Waals surface area (Å²) in [4.78, 5) is 26.0. The van der Waals surface area contributed by atoms with Gasteiger partial charge in [-0.2, -0.15) is 5.10 Å². The zero-order chi connectivity index (χ0) is 22.1. The van der Waals surface area contributed by atoms with Gasteiger partial charge in [-0.15, -0.1) is 0 Å². The molecule has 0 atom stereocenters. The fraction of sp³-hybridized carbons (Fsp3) is 0.500. The van der Waals surface area contributed by atoms with Crippen molar-refractivity contribution >= 4 is 17.7 Å². The lowest BCUT2D eigenvalue weighted by Gasteiger charge is -2.33. The highest BCUT2D eigenvalue weighted by atomic mass is 16.6. The average molecular weight is 415 g/mol. The monoisotopic (exact) mass is 414 g/mol. The first-order valence-corrected chi connectivity index (χ1v) is 10.1. The van der Waals surface area contributed by atoms with Crippen molar-refractivity contribution in [3.63, 3.8) is 0 Å². The van der Waals surface area contributed by atoms with Crippen molar-refractivity contribution in [3.8, 4) is 11.1 Å². The van der Waals surface area contributed by atoms with E-state index in [1.807, 2.05) is 37.7 Å². The summed E-state index contributed by atoms with van der Waals surface area (Å²) in [5.41, 5.74) is 8.98. The van der Waals surface area contributed by atoms with Crippen LogP contribution >= 0.6 is 0 Å². The smallest absolute Gasteiger partial charge is 0.410 e. The zero-order valence-corrected chi connectivity index (χ0v) is 18.3. The van der Waals surface area contributed by atoms with E-state index in [0.29, 0.717) is 29.9 Å². The number of nitrogen functional groups attached to an aromatic ring is 1. The number of rotatable bonds is 3. The van der Waals surface area contributed by atoms with Gasteiger partial charge in [0.15, 0.2) is 0 Å². The molecule has 1 saturated heterocycles. The first kappa shape index (κ1) is 21.7. The summed E-state index contributed by atoms with van der Waals surface area (Å²) in [7, 11) is 1.35. The molecule has 2 aromatic rings. The highest BCUT2D eigenvalue weighted by molar-refractivity contribution is 5.94. The van der Waals surface area contributed by atoms with Crippen LogP contribution in [0.4, 0.5) is 10.5 Å². The predicted molar refractivity (Wildman–Crippen MR) is 114 cm³/mol. The number of anilines is 1. The lowest BCUT2D eigenvalue weighted by molar-refractivity contribution is 0.0184. The Morgan fingerprint density at radius 1 is 1.17 bits per heavy atom. The quantitative estimate of drug-likeness (QED) is 0.606. The maximum absolute atomic E-state index is 12.2. The van der Waals surface area contributed by atoms with Crippen LogP contribution in [-0.2, 0) is 9.47 Å². The van der Waals surface area contributed by atoms with Gasteiger partial charge in [0.25, 0.3) is 0 Å². The Morgan fingerprint density at radius 2 is 1.83 bits per heavy atom. The SMILES string of the molecule is COC(=O)c1cc(-c2cnn(C3CCN(C(=O)OC(C)(C)C)CC3)c2)cc(N)c1C. The number of piperidine rings is 1. The molecule has 8 nitrogen and oxygen atoms in total. The molecule has 1 aliphatic heterocycles. The van der Waals surface area contributed by atoms with Gasteiger partial charge >= 0.3 is 12.1 Å². The van der Waals surface area contributed by atoms with Gasteiger partial charge in [-0.25, -0.2) is 9.59 Å². The summed E-state index contributed by atoms with van der Waals surface area (Å²) in [5, 5.41) is 4.52. The summed E-state index contributed by atoms with van der Waals surface area (Å²) in [6.07, 6.45) is 5.05. The molecule has 8 heteroatoms. The molecular formula is C22H30N4O4. The zero-order valence-electron chi connectivity index (χ0n) is 18.3. The van der Waals surface area contributed by atoms with Crippen molar-refractivity contribution in [1.82, 2.24) is 14.7 Å². The third-order valence-electron chi connectivity index (χ3n) is 5.28. The molecule has 0 aliphatic carbocycles. The van der Waals surface area contributed by atoms with Crippen LogP contribution in [0.2, 0.25) is 0 Å². The van der Waals surface area contributed by atoms with Crippen molar-refractivity contribution < 1.29 is 19.1 Å². The van der Waals surface area contributed by atoms with Crippen LogP contribution in [0.15, 0.2) is 24.5 Å². The Hall–Kier alpha value is -3.03. The number of likely N-dealkylation sites (tertiary alicyclic amines) is 1. The number of hydrogen-bond donors (Lipinski definition) is 1. The highest BCUT2D eigenvalue weighted by Crippen LogP contribution is 2.30. The van der Waals surface area contributed by atoms with Crippen LogP contribution < -0.4 is 5.73 Å². The number of ether oxygens (including phenoxy) is 2. The van der Waals surface area contributed by atoms with E-state index in [2.05, 4.69) is 5.10 Å². The Bertz CT molecular complexity index is 937. The van der Waals surface area contributed by atoms with Crippen molar-refractivity contribution in [2.24, 2.45) is 0 Å². The molecule has 2 N–H and O–H groups in total. The van der Waals surface area contributed by atoms with Gasteiger partial charge in [-0.3, -0.25) is 4.68 Å². The maximum Gasteiger partial charge on any atom is 0.410 e. The van der Waals surface area contributed by atoms with Gasteiger partial charge < -0.3 is 20.1 Å². The van der Waals surface area contributed by atoms with Crippen molar-refractivity contribution in [2.45, 2.75) is 52.2 Å². The lowest BCUT2D eigenvalue weighted by atomic mass is 10.00. The van der Waals surface area contributed by atoms with Crippen LogP contribution in [0, 0.1) is 6.92 Å². The Labute approximate surface area is 176 Å². The number of carbonyl (C=O) groups is 2. The van der Waals surface area contributed by atoms with E-state index in [4.69, 9.17) is 15.2 Å². The minimum atomic E-state index is -0.496. The predicted octanol–water partition coefficient (Wildman–Crippen LogP) is 3.80. The first-order valence-electron chi connectivity index (χ1n) is 10.1. The van der Waals surface area contributed by atoms with E-state index >= 15 is 0 Å². The standard InChI is InChI=1S/C22H30N4O4/c1-14-18(20(27)29-5)10-15(11-19(14)23)16-12-24-26(13-16)17-6-8-25(9-7-17)21(28)30-22(2,3)4/h10-13,17H,6-9,23H2,1-5H3. The largest absolute Gasteiger partial charge is 0.465 e. The molecule has 30 heavy (non-hydrogen) atoms. The topological polar surface area (TPSA) is 99.7 Å². The van der Waals surface area contributed by atoms with Gasteiger partial charge in [0, 0.05) is 30.5 Å². The van der Waals surface area contributed by atoms with Gasteiger partial charge in [-0.05, 0) is 63.8 Å². The van der Waals surface area contributed by atoms with Gasteiger partial charge in [0.05, 0.1) is 24.9 Å². The molecule has 3 rings (SSSR count). The summed E-state index contributed by atoms with van der Waals surface area (Å²) in [6, 6.07) is 3.82. The summed E-state index contributed by atoms with van der Waals surface area (Å²) < 4.78 is 12.2.